The molecular formula is C29H40N6O5S. The van der Waals surface area contributed by atoms with Gasteiger partial charge in [-0.25, -0.2) is 4.79 Å². The van der Waals surface area contributed by atoms with Crippen molar-refractivity contribution in [2.24, 2.45) is 0 Å². The van der Waals surface area contributed by atoms with Crippen molar-refractivity contribution in [3.8, 4) is 0 Å². The van der Waals surface area contributed by atoms with Crippen molar-refractivity contribution >= 4 is 34.5 Å². The third-order valence-electron chi connectivity index (χ3n) is 6.99. The molecule has 1 aliphatic heterocycles. The summed E-state index contributed by atoms with van der Waals surface area (Å²) in [5.41, 5.74) is 1.73. The van der Waals surface area contributed by atoms with E-state index in [2.05, 4.69) is 27.5 Å². The number of hydrogen-bond acceptors (Lipinski definition) is 8. The zero-order valence-corrected chi connectivity index (χ0v) is 24.6. The van der Waals surface area contributed by atoms with E-state index in [9.17, 15) is 24.5 Å². The molecule has 3 rings (SSSR count). The molecule has 1 fully saturated rings. The van der Waals surface area contributed by atoms with Crippen molar-refractivity contribution in [1.29, 1.82) is 0 Å². The third-order valence-corrected chi connectivity index (χ3v) is 7.78. The van der Waals surface area contributed by atoms with Gasteiger partial charge in [-0.15, -0.1) is 0 Å². The number of thioether (sulfide) groups is 1. The zero-order valence-electron chi connectivity index (χ0n) is 23.8. The number of urea groups is 1. The maximum absolute atomic E-state index is 13.5. The minimum atomic E-state index is -0.879. The largest absolute Gasteiger partial charge is 0.353 e. The molecule has 0 spiro atoms. The second-order valence-electron chi connectivity index (χ2n) is 10.1. The molecule has 0 aromatic heterocycles. The molecule has 1 atom stereocenters. The fraction of sp³-hybridized carbons (Fsp3) is 0.483. The van der Waals surface area contributed by atoms with Crippen LogP contribution in [-0.4, -0.2) is 108 Å². The number of likely N-dealkylation sites (N-methyl/N-ethyl adjacent to an activating group) is 1. The predicted molar refractivity (Wildman–Crippen MR) is 161 cm³/mol. The van der Waals surface area contributed by atoms with E-state index in [1.165, 1.54) is 19.1 Å². The maximum Gasteiger partial charge on any atom is 0.318 e. The van der Waals surface area contributed by atoms with Crippen molar-refractivity contribution < 1.29 is 19.3 Å². The summed E-state index contributed by atoms with van der Waals surface area (Å²) in [4.78, 5) is 55.1. The summed E-state index contributed by atoms with van der Waals surface area (Å²) < 4.78 is 0. The number of non-ortho nitro benzene ring substituents is 1. The summed E-state index contributed by atoms with van der Waals surface area (Å²) in [7, 11) is 2.09. The Bertz CT molecular complexity index is 1140. The lowest BCUT2D eigenvalue weighted by Gasteiger charge is -2.32. The highest BCUT2D eigenvalue weighted by atomic mass is 32.2. The first-order valence-corrected chi connectivity index (χ1v) is 14.8. The van der Waals surface area contributed by atoms with Gasteiger partial charge in [-0.2, -0.15) is 0 Å². The van der Waals surface area contributed by atoms with Crippen molar-refractivity contribution in [3.63, 3.8) is 0 Å². The average Bonchev–Trinajstić information content (AvgIpc) is 2.96. The summed E-state index contributed by atoms with van der Waals surface area (Å²) in [6, 6.07) is 14.5. The molecule has 1 aliphatic rings. The maximum atomic E-state index is 13.5. The monoisotopic (exact) mass is 584 g/mol. The molecule has 2 N–H and O–H groups in total. The van der Waals surface area contributed by atoms with Crippen LogP contribution >= 0.6 is 11.8 Å². The number of nitrogens with zero attached hydrogens (tertiary/aromatic N) is 4. The minimum Gasteiger partial charge on any atom is -0.353 e. The zero-order chi connectivity index (χ0) is 29.6. The first-order chi connectivity index (χ1) is 19.7. The van der Waals surface area contributed by atoms with Crippen LogP contribution in [0.15, 0.2) is 54.6 Å². The minimum absolute atomic E-state index is 0.0239. The lowest BCUT2D eigenvalue weighted by Crippen LogP contribution is -2.54. The average molecular weight is 585 g/mol. The molecule has 1 saturated heterocycles. The summed E-state index contributed by atoms with van der Waals surface area (Å²) in [5.74, 6) is 0.133. The van der Waals surface area contributed by atoms with Crippen molar-refractivity contribution in [2.45, 2.75) is 25.8 Å². The number of amides is 3. The summed E-state index contributed by atoms with van der Waals surface area (Å²) >= 11 is 1.15. The van der Waals surface area contributed by atoms with Gasteiger partial charge in [-0.3, -0.25) is 24.6 Å². The van der Waals surface area contributed by atoms with E-state index in [4.69, 9.17) is 0 Å². The SMILES string of the molecule is CC(=O)SCCN(CCc1ccccc1)C(=O)NC(Cc1ccc([N+](=O)[O-])cc1)C(=O)NCCN1CCN(C)CC1. The van der Waals surface area contributed by atoms with Gasteiger partial charge >= 0.3 is 6.03 Å². The third kappa shape index (κ3) is 11.5. The lowest BCUT2D eigenvalue weighted by atomic mass is 10.0. The molecule has 12 heteroatoms. The molecule has 1 unspecified atom stereocenters. The van der Waals surface area contributed by atoms with Crippen molar-refractivity contribution in [2.75, 3.05) is 65.2 Å². The highest BCUT2D eigenvalue weighted by molar-refractivity contribution is 8.13. The van der Waals surface area contributed by atoms with Crippen molar-refractivity contribution in [3.05, 3.63) is 75.8 Å². The first kappa shape index (κ1) is 32.0. The van der Waals surface area contributed by atoms with E-state index in [1.54, 1.807) is 17.0 Å². The van der Waals surface area contributed by atoms with E-state index in [1.807, 2.05) is 30.3 Å². The van der Waals surface area contributed by atoms with Crippen LogP contribution in [0, 0.1) is 10.1 Å². The van der Waals surface area contributed by atoms with E-state index in [0.29, 0.717) is 43.9 Å². The smallest absolute Gasteiger partial charge is 0.318 e. The molecule has 3 amide bonds. The normalized spacial score (nSPS) is 14.7. The first-order valence-electron chi connectivity index (χ1n) is 13.9. The Morgan fingerprint density at radius 3 is 2.32 bits per heavy atom. The summed E-state index contributed by atoms with van der Waals surface area (Å²) in [5, 5.41) is 16.9. The van der Waals surface area contributed by atoms with Gasteiger partial charge in [0.2, 0.25) is 5.91 Å². The molecule has 1 heterocycles. The van der Waals surface area contributed by atoms with Gasteiger partial charge in [0.25, 0.3) is 5.69 Å². The summed E-state index contributed by atoms with van der Waals surface area (Å²) in [6.45, 7) is 7.24. The van der Waals surface area contributed by atoms with Gasteiger partial charge < -0.3 is 20.4 Å². The van der Waals surface area contributed by atoms with Crippen molar-refractivity contribution in [1.82, 2.24) is 25.3 Å². The van der Waals surface area contributed by atoms with Crippen LogP contribution in [0.5, 0.6) is 0 Å². The Balaban J connectivity index is 1.68. The molecule has 0 bridgehead atoms. The standard InChI is InChI=1S/C29H40N6O5S/c1-23(36)41-21-20-34(14-12-24-6-4-3-5-7-24)29(38)31-27(22-25-8-10-26(11-9-25)35(39)40)28(37)30-13-15-33-18-16-32(2)17-19-33/h3-11,27H,12-22H2,1-2H3,(H,30,37)(H,31,38). The Kier molecular flexibility index (Phi) is 13.1. The number of rotatable bonds is 14. The Morgan fingerprint density at radius 2 is 1.68 bits per heavy atom. The van der Waals surface area contributed by atoms with Crippen LogP contribution in [0.2, 0.25) is 0 Å². The molecule has 2 aromatic rings. The van der Waals surface area contributed by atoms with Gasteiger partial charge in [0, 0.05) is 83.6 Å². The number of carbonyl (C=O) groups excluding carboxylic acids is 3. The molecule has 0 saturated carbocycles. The number of nitrogens with one attached hydrogen (secondary N) is 2. The number of nitro benzene ring substituents is 1. The van der Waals surface area contributed by atoms with E-state index >= 15 is 0 Å². The Labute approximate surface area is 245 Å². The van der Waals surface area contributed by atoms with Crippen LogP contribution in [0.1, 0.15) is 18.1 Å². The molecule has 0 radical (unpaired) electrons. The van der Waals surface area contributed by atoms with Gasteiger partial charge in [0.05, 0.1) is 4.92 Å². The van der Waals surface area contributed by atoms with Crippen LogP contribution in [0.25, 0.3) is 0 Å². The Morgan fingerprint density at radius 1 is 1.00 bits per heavy atom. The van der Waals surface area contributed by atoms with Gasteiger partial charge in [-0.1, -0.05) is 54.2 Å². The number of piperazine rings is 1. The van der Waals surface area contributed by atoms with Crippen LogP contribution in [-0.2, 0) is 22.4 Å². The summed E-state index contributed by atoms with van der Waals surface area (Å²) in [6.07, 6.45) is 0.808. The second-order valence-corrected chi connectivity index (χ2v) is 11.4. The second kappa shape index (κ2) is 16.7. The Hall–Kier alpha value is -3.48. The number of nitro groups is 1. The number of carbonyl (C=O) groups is 3. The molecule has 0 aliphatic carbocycles. The fourth-order valence-corrected chi connectivity index (χ4v) is 5.09. The molecule has 41 heavy (non-hydrogen) atoms. The van der Waals surface area contributed by atoms with Gasteiger partial charge in [-0.05, 0) is 24.6 Å². The molecule has 11 nitrogen and oxygen atoms in total. The quantitative estimate of drug-likeness (QED) is 0.256. The van der Waals surface area contributed by atoms with Crippen LogP contribution in [0.3, 0.4) is 0 Å². The number of benzene rings is 2. The highest BCUT2D eigenvalue weighted by Gasteiger charge is 2.25. The molecule has 2 aromatic carbocycles. The van der Waals surface area contributed by atoms with Gasteiger partial charge in [0.15, 0.2) is 5.12 Å². The van der Waals surface area contributed by atoms with Gasteiger partial charge in [0.1, 0.15) is 6.04 Å². The highest BCUT2D eigenvalue weighted by Crippen LogP contribution is 2.14. The van der Waals surface area contributed by atoms with Crippen LogP contribution < -0.4 is 10.6 Å². The van der Waals surface area contributed by atoms with E-state index < -0.39 is 17.0 Å². The molecular weight excluding hydrogens is 544 g/mol. The predicted octanol–water partition coefficient (Wildman–Crippen LogP) is 2.40. The van der Waals surface area contributed by atoms with E-state index in [-0.39, 0.29) is 23.1 Å². The fourth-order valence-electron chi connectivity index (χ4n) is 4.49. The lowest BCUT2D eigenvalue weighted by molar-refractivity contribution is -0.384. The van der Waals surface area contributed by atoms with E-state index in [0.717, 1.165) is 43.5 Å². The number of hydrogen-bond donors (Lipinski definition) is 2. The van der Waals surface area contributed by atoms with Crippen LogP contribution in [0.4, 0.5) is 10.5 Å². The topological polar surface area (TPSA) is 128 Å². The molecule has 222 valence electrons.